The maximum Gasteiger partial charge on any atom is 0.341 e. The molecule has 1 atom stereocenters. The van der Waals surface area contributed by atoms with Gasteiger partial charge in [0.25, 0.3) is 0 Å². The van der Waals surface area contributed by atoms with Crippen molar-refractivity contribution in [1.29, 1.82) is 0 Å². The molecular weight excluding hydrogens is 499 g/mol. The lowest BCUT2D eigenvalue weighted by atomic mass is 10.0. The number of aromatic nitrogens is 3. The van der Waals surface area contributed by atoms with Gasteiger partial charge in [-0.25, -0.2) is 19.2 Å². The number of aryl methyl sites for hydroxylation is 1. The average molecular weight is 525 g/mol. The monoisotopic (exact) mass is 524 g/mol. The number of carboxylic acids is 1. The Bertz CT molecular complexity index is 1470. The molecule has 10 heteroatoms. The number of rotatable bonds is 8. The van der Waals surface area contributed by atoms with E-state index in [4.69, 9.17) is 21.4 Å². The highest BCUT2D eigenvalue weighted by molar-refractivity contribution is 6.35. The molecule has 4 rings (SSSR count). The van der Waals surface area contributed by atoms with E-state index in [-0.39, 0.29) is 11.3 Å². The first-order chi connectivity index (χ1) is 17.4. The van der Waals surface area contributed by atoms with Crippen LogP contribution in [-0.4, -0.2) is 37.7 Å². The first-order valence-corrected chi connectivity index (χ1v) is 11.9. The number of benzene rings is 2. The summed E-state index contributed by atoms with van der Waals surface area (Å²) in [4.78, 5) is 24.0. The molecule has 37 heavy (non-hydrogen) atoms. The second-order valence-corrected chi connectivity index (χ2v) is 9.58. The van der Waals surface area contributed by atoms with E-state index in [0.717, 1.165) is 11.1 Å². The number of pyridine rings is 1. The van der Waals surface area contributed by atoms with Crippen molar-refractivity contribution < 1.29 is 24.1 Å². The molecule has 2 aromatic heterocycles. The van der Waals surface area contributed by atoms with Gasteiger partial charge >= 0.3 is 5.97 Å². The van der Waals surface area contributed by atoms with Gasteiger partial charge in [0.15, 0.2) is 12.4 Å². The van der Waals surface area contributed by atoms with E-state index >= 15 is 0 Å². The fraction of sp³-hybridized carbons (Fsp3) is 0.259. The number of hydrogen-bond donors (Lipinski definition) is 3. The summed E-state index contributed by atoms with van der Waals surface area (Å²) >= 11 is 6.67. The van der Waals surface area contributed by atoms with Crippen molar-refractivity contribution in [3.8, 4) is 16.9 Å². The Labute approximate surface area is 218 Å². The molecule has 0 aliphatic rings. The number of anilines is 1. The Morgan fingerprint density at radius 3 is 2.51 bits per heavy atom. The zero-order chi connectivity index (χ0) is 26.9. The molecule has 3 N–H and O–H groups in total. The number of carboxylic acid groups (broad SMARTS) is 1. The van der Waals surface area contributed by atoms with Crippen molar-refractivity contribution in [2.24, 2.45) is 0 Å². The number of carbonyl (C=O) groups is 1. The molecule has 2 aromatic carbocycles. The predicted octanol–water partition coefficient (Wildman–Crippen LogP) is 5.66. The molecule has 0 radical (unpaired) electrons. The summed E-state index contributed by atoms with van der Waals surface area (Å²) in [6.07, 6.45) is 3.27. The van der Waals surface area contributed by atoms with E-state index in [0.29, 0.717) is 33.1 Å². The summed E-state index contributed by atoms with van der Waals surface area (Å²) < 4.78 is 19.9. The molecule has 8 nitrogen and oxygen atoms in total. The van der Waals surface area contributed by atoms with Crippen LogP contribution in [0.5, 0.6) is 5.75 Å². The van der Waals surface area contributed by atoms with Crippen molar-refractivity contribution in [2.45, 2.75) is 39.3 Å². The van der Waals surface area contributed by atoms with Crippen molar-refractivity contribution in [3.05, 3.63) is 76.7 Å². The molecule has 0 unspecified atom stereocenters. The van der Waals surface area contributed by atoms with E-state index in [1.807, 2.05) is 18.2 Å². The van der Waals surface area contributed by atoms with Gasteiger partial charge in [-0.3, -0.25) is 4.98 Å². The highest BCUT2D eigenvalue weighted by Gasteiger charge is 2.20. The summed E-state index contributed by atoms with van der Waals surface area (Å²) in [5.74, 6) is -1.05. The Morgan fingerprint density at radius 1 is 1.16 bits per heavy atom. The minimum absolute atomic E-state index is 0.242. The first-order valence-electron chi connectivity index (χ1n) is 11.5. The van der Waals surface area contributed by atoms with Crippen LogP contribution >= 0.6 is 11.6 Å². The van der Waals surface area contributed by atoms with Crippen LogP contribution in [0.15, 0.2) is 48.8 Å². The number of ether oxygens (including phenoxy) is 1. The molecular formula is C27H26ClFN4O4. The lowest BCUT2D eigenvalue weighted by Crippen LogP contribution is -2.19. The summed E-state index contributed by atoms with van der Waals surface area (Å²) in [6.45, 7) is 6.25. The molecule has 192 valence electrons. The second kappa shape index (κ2) is 10.3. The minimum atomic E-state index is -1.16. The number of hydrogen-bond acceptors (Lipinski definition) is 7. The Balaban J connectivity index is 1.72. The number of nitrogens with one attached hydrogen (secondary N) is 1. The summed E-state index contributed by atoms with van der Waals surface area (Å²) in [7, 11) is 0. The average Bonchev–Trinajstić information content (AvgIpc) is 2.85. The fourth-order valence-corrected chi connectivity index (χ4v) is 4.06. The molecule has 0 saturated carbocycles. The molecule has 0 bridgehead atoms. The number of halogens is 2. The Kier molecular flexibility index (Phi) is 7.29. The SMILES string of the molecule is Cc1nc2ccc(-c3cnc(C(C)(C)O)nc3)cc2c(N[C@H](C)c2cc(OCC(=O)O)ccc2F)c1Cl. The van der Waals surface area contributed by atoms with Gasteiger partial charge in [0.05, 0.1) is 28.0 Å². The van der Waals surface area contributed by atoms with Gasteiger partial charge in [-0.1, -0.05) is 17.7 Å². The zero-order valence-corrected chi connectivity index (χ0v) is 21.5. The first kappa shape index (κ1) is 26.2. The van der Waals surface area contributed by atoms with Crippen molar-refractivity contribution >= 4 is 34.2 Å². The van der Waals surface area contributed by atoms with Crippen LogP contribution in [0.25, 0.3) is 22.0 Å². The van der Waals surface area contributed by atoms with E-state index in [2.05, 4.69) is 20.3 Å². The lowest BCUT2D eigenvalue weighted by Gasteiger charge is -2.21. The van der Waals surface area contributed by atoms with Crippen molar-refractivity contribution in [3.63, 3.8) is 0 Å². The fourth-order valence-electron chi connectivity index (χ4n) is 3.86. The summed E-state index contributed by atoms with van der Waals surface area (Å²) in [5.41, 5.74) is 2.54. The number of aliphatic hydroxyl groups is 1. The lowest BCUT2D eigenvalue weighted by molar-refractivity contribution is -0.139. The highest BCUT2D eigenvalue weighted by Crippen LogP contribution is 2.37. The molecule has 0 amide bonds. The van der Waals surface area contributed by atoms with Gasteiger partial charge in [0.2, 0.25) is 0 Å². The third-order valence-corrected chi connectivity index (χ3v) is 6.24. The summed E-state index contributed by atoms with van der Waals surface area (Å²) in [5, 5.41) is 23.4. The van der Waals surface area contributed by atoms with Gasteiger partial charge in [-0.2, -0.15) is 0 Å². The van der Waals surface area contributed by atoms with Crippen LogP contribution in [-0.2, 0) is 10.4 Å². The van der Waals surface area contributed by atoms with Crippen LogP contribution in [0, 0.1) is 12.7 Å². The van der Waals surface area contributed by atoms with Gasteiger partial charge in [-0.15, -0.1) is 0 Å². The molecule has 0 saturated heterocycles. The van der Waals surface area contributed by atoms with E-state index in [1.54, 1.807) is 40.1 Å². The number of nitrogens with zero attached hydrogens (tertiary/aromatic N) is 3. The van der Waals surface area contributed by atoms with Crippen LogP contribution in [0.4, 0.5) is 10.1 Å². The number of fused-ring (bicyclic) bond motifs is 1. The van der Waals surface area contributed by atoms with Crippen LogP contribution in [0.1, 0.15) is 43.9 Å². The van der Waals surface area contributed by atoms with E-state index < -0.39 is 30.0 Å². The largest absolute Gasteiger partial charge is 0.482 e. The topological polar surface area (TPSA) is 117 Å². The molecule has 0 spiro atoms. The van der Waals surface area contributed by atoms with Gasteiger partial charge in [0.1, 0.15) is 17.2 Å². The highest BCUT2D eigenvalue weighted by atomic mass is 35.5. The van der Waals surface area contributed by atoms with Gasteiger partial charge in [-0.05, 0) is 63.6 Å². The Hall–Kier alpha value is -3.82. The summed E-state index contributed by atoms with van der Waals surface area (Å²) in [6, 6.07) is 9.17. The van der Waals surface area contributed by atoms with Crippen molar-refractivity contribution in [2.75, 3.05) is 11.9 Å². The zero-order valence-electron chi connectivity index (χ0n) is 20.7. The quantitative estimate of drug-likeness (QED) is 0.270. The van der Waals surface area contributed by atoms with Crippen LogP contribution in [0.3, 0.4) is 0 Å². The normalized spacial score (nSPS) is 12.4. The standard InChI is InChI=1S/C27H26ClFN4O4/c1-14(19-10-18(6-7-21(19)29)37-13-23(34)35)33-25-20-9-16(5-8-22(20)32-15(2)24(25)28)17-11-30-26(31-12-17)27(3,4)36/h5-12,14,36H,13H2,1-4H3,(H,32,33)(H,34,35)/t14-/m1/s1. The van der Waals surface area contributed by atoms with Gasteiger partial charge in [0, 0.05) is 28.9 Å². The predicted molar refractivity (Wildman–Crippen MR) is 139 cm³/mol. The molecule has 2 heterocycles. The smallest absolute Gasteiger partial charge is 0.341 e. The third kappa shape index (κ3) is 5.79. The number of aliphatic carboxylic acids is 1. The van der Waals surface area contributed by atoms with Crippen LogP contribution in [0.2, 0.25) is 5.02 Å². The minimum Gasteiger partial charge on any atom is -0.482 e. The molecule has 0 fully saturated rings. The molecule has 0 aliphatic carbocycles. The third-order valence-electron chi connectivity index (χ3n) is 5.78. The maximum absolute atomic E-state index is 14.7. The maximum atomic E-state index is 14.7. The Morgan fingerprint density at radius 2 is 1.86 bits per heavy atom. The molecule has 0 aliphatic heterocycles. The van der Waals surface area contributed by atoms with E-state index in [9.17, 15) is 14.3 Å². The second-order valence-electron chi connectivity index (χ2n) is 9.20. The van der Waals surface area contributed by atoms with E-state index in [1.165, 1.54) is 18.2 Å². The molecule has 4 aromatic rings. The van der Waals surface area contributed by atoms with Crippen molar-refractivity contribution in [1.82, 2.24) is 15.0 Å². The van der Waals surface area contributed by atoms with Gasteiger partial charge < -0.3 is 20.3 Å². The van der Waals surface area contributed by atoms with Crippen LogP contribution < -0.4 is 10.1 Å².